The Balaban J connectivity index is 1.97. The normalized spacial score (nSPS) is 11.2. The van der Waals surface area contributed by atoms with Crippen molar-refractivity contribution < 1.29 is 4.79 Å². The van der Waals surface area contributed by atoms with E-state index in [0.717, 1.165) is 21.5 Å². The van der Waals surface area contributed by atoms with Crippen molar-refractivity contribution in [1.82, 2.24) is 4.90 Å². The Morgan fingerprint density at radius 1 is 1.37 bits per heavy atom. The summed E-state index contributed by atoms with van der Waals surface area (Å²) in [5, 5.41) is 2.07. The second-order valence-electron chi connectivity index (χ2n) is 4.65. The lowest BCUT2D eigenvalue weighted by molar-refractivity contribution is 0.0943. The molecule has 0 saturated heterocycles. The summed E-state index contributed by atoms with van der Waals surface area (Å²) < 4.78 is 1.11. The molecular weight excluding hydrogens is 342 g/mol. The summed E-state index contributed by atoms with van der Waals surface area (Å²) in [5.74, 6) is 0.208. The largest absolute Gasteiger partial charge is 0.294 e. The number of aryl methyl sites for hydroxylation is 2. The Hall–Kier alpha value is -0.490. The van der Waals surface area contributed by atoms with Gasteiger partial charge in [-0.25, -0.2) is 0 Å². The first-order valence-electron chi connectivity index (χ1n) is 5.97. The summed E-state index contributed by atoms with van der Waals surface area (Å²) in [7, 11) is 1.99. The molecule has 2 heterocycles. The molecule has 0 N–H and O–H groups in total. The Bertz CT molecular complexity index is 588. The van der Waals surface area contributed by atoms with Gasteiger partial charge in [-0.05, 0) is 49.0 Å². The number of carbonyl (C=O) groups excluding carboxylic acids is 1. The molecule has 0 unspecified atom stereocenters. The van der Waals surface area contributed by atoms with Crippen LogP contribution in [0.4, 0.5) is 0 Å². The summed E-state index contributed by atoms with van der Waals surface area (Å²) in [4.78, 5) is 17.9. The van der Waals surface area contributed by atoms with E-state index in [9.17, 15) is 4.79 Å². The van der Waals surface area contributed by atoms with E-state index < -0.39 is 0 Å². The number of rotatable bonds is 5. The van der Waals surface area contributed by atoms with Crippen molar-refractivity contribution >= 4 is 44.4 Å². The van der Waals surface area contributed by atoms with Crippen LogP contribution in [-0.4, -0.2) is 24.3 Å². The molecule has 0 bridgehead atoms. The second kappa shape index (κ2) is 6.31. The van der Waals surface area contributed by atoms with Crippen molar-refractivity contribution in [3.8, 4) is 0 Å². The molecule has 2 aromatic heterocycles. The fraction of sp³-hybridized carbons (Fsp3) is 0.357. The Morgan fingerprint density at radius 3 is 2.63 bits per heavy atom. The number of hydrogen-bond acceptors (Lipinski definition) is 4. The second-order valence-corrected chi connectivity index (χ2v) is 8.03. The fourth-order valence-corrected chi connectivity index (χ4v) is 4.47. The van der Waals surface area contributed by atoms with Crippen molar-refractivity contribution in [2.24, 2.45) is 0 Å². The number of thiophene rings is 2. The van der Waals surface area contributed by atoms with Crippen LogP contribution in [0.3, 0.4) is 0 Å². The Morgan fingerprint density at radius 2 is 2.11 bits per heavy atom. The highest BCUT2D eigenvalue weighted by Gasteiger charge is 2.14. The summed E-state index contributed by atoms with van der Waals surface area (Å²) >= 11 is 6.85. The van der Waals surface area contributed by atoms with Crippen molar-refractivity contribution in [2.45, 2.75) is 20.4 Å². The van der Waals surface area contributed by atoms with Crippen LogP contribution in [-0.2, 0) is 6.54 Å². The van der Waals surface area contributed by atoms with Gasteiger partial charge in [-0.15, -0.1) is 22.7 Å². The fourth-order valence-electron chi connectivity index (χ4n) is 2.00. The standard InChI is InChI=1S/C14H16BrNOS2/c1-9-4-13(10(2)19-9)14(17)7-16(3)6-12-5-11(15)8-18-12/h4-5,8H,6-7H2,1-3H3. The van der Waals surface area contributed by atoms with Gasteiger partial charge in [0.25, 0.3) is 0 Å². The number of likely N-dealkylation sites (N-methyl/N-ethyl adjacent to an activating group) is 1. The number of nitrogens with zero attached hydrogens (tertiary/aromatic N) is 1. The number of Topliss-reactive ketones (excluding diaryl/α,β-unsaturated/α-hetero) is 1. The molecule has 2 aromatic rings. The first-order chi connectivity index (χ1) is 8.95. The summed E-state index contributed by atoms with van der Waals surface area (Å²) in [6, 6.07) is 4.10. The maximum atomic E-state index is 12.2. The minimum atomic E-state index is 0.208. The first kappa shape index (κ1) is 14.9. The average Bonchev–Trinajstić information content (AvgIpc) is 2.84. The van der Waals surface area contributed by atoms with E-state index in [1.165, 1.54) is 9.75 Å². The quantitative estimate of drug-likeness (QED) is 0.734. The smallest absolute Gasteiger partial charge is 0.177 e. The monoisotopic (exact) mass is 357 g/mol. The Labute approximate surface area is 130 Å². The SMILES string of the molecule is Cc1cc(C(=O)CN(C)Cc2cc(Br)cs2)c(C)s1. The maximum Gasteiger partial charge on any atom is 0.177 e. The predicted octanol–water partition coefficient (Wildman–Crippen LogP) is 4.50. The van der Waals surface area contributed by atoms with Crippen LogP contribution in [0.1, 0.15) is 25.0 Å². The topological polar surface area (TPSA) is 20.3 Å². The molecule has 0 aliphatic rings. The molecule has 0 saturated carbocycles. The van der Waals surface area contributed by atoms with Gasteiger partial charge >= 0.3 is 0 Å². The zero-order chi connectivity index (χ0) is 14.0. The Kier molecular flexibility index (Phi) is 4.95. The summed E-state index contributed by atoms with van der Waals surface area (Å²) in [6.07, 6.45) is 0. The van der Waals surface area contributed by atoms with E-state index in [1.807, 2.05) is 27.0 Å². The zero-order valence-electron chi connectivity index (χ0n) is 11.2. The molecule has 0 atom stereocenters. The lowest BCUT2D eigenvalue weighted by Gasteiger charge is -2.14. The van der Waals surface area contributed by atoms with Crippen LogP contribution in [0.5, 0.6) is 0 Å². The maximum absolute atomic E-state index is 12.2. The van der Waals surface area contributed by atoms with Gasteiger partial charge in [-0.2, -0.15) is 0 Å². The molecular formula is C14H16BrNOS2. The van der Waals surface area contributed by atoms with Gasteiger partial charge in [0.15, 0.2) is 5.78 Å². The number of ketones is 1. The van der Waals surface area contributed by atoms with Crippen molar-refractivity contribution in [1.29, 1.82) is 0 Å². The molecule has 0 spiro atoms. The van der Waals surface area contributed by atoms with Crippen molar-refractivity contribution in [3.63, 3.8) is 0 Å². The minimum Gasteiger partial charge on any atom is -0.294 e. The third kappa shape index (κ3) is 3.99. The molecule has 0 radical (unpaired) electrons. The highest BCUT2D eigenvalue weighted by atomic mass is 79.9. The van der Waals surface area contributed by atoms with E-state index in [-0.39, 0.29) is 5.78 Å². The van der Waals surface area contributed by atoms with Gasteiger partial charge in [0.1, 0.15) is 0 Å². The van der Waals surface area contributed by atoms with E-state index in [0.29, 0.717) is 6.54 Å². The first-order valence-corrected chi connectivity index (χ1v) is 8.46. The van der Waals surface area contributed by atoms with Gasteiger partial charge in [-0.3, -0.25) is 9.69 Å². The number of halogens is 1. The molecule has 0 aliphatic heterocycles. The molecule has 102 valence electrons. The van der Waals surface area contributed by atoms with Crippen LogP contribution >= 0.6 is 38.6 Å². The summed E-state index contributed by atoms with van der Waals surface area (Å²) in [6.45, 7) is 5.33. The minimum absolute atomic E-state index is 0.208. The third-order valence-corrected chi connectivity index (χ3v) is 5.45. The van der Waals surface area contributed by atoms with E-state index in [2.05, 4.69) is 32.3 Å². The van der Waals surface area contributed by atoms with Gasteiger partial charge in [0.05, 0.1) is 6.54 Å². The molecule has 0 amide bonds. The summed E-state index contributed by atoms with van der Waals surface area (Å²) in [5.41, 5.74) is 0.877. The molecule has 2 rings (SSSR count). The lowest BCUT2D eigenvalue weighted by atomic mass is 10.1. The molecule has 2 nitrogen and oxygen atoms in total. The predicted molar refractivity (Wildman–Crippen MR) is 86.5 cm³/mol. The lowest BCUT2D eigenvalue weighted by Crippen LogP contribution is -2.25. The highest BCUT2D eigenvalue weighted by Crippen LogP contribution is 2.23. The molecule has 0 aliphatic carbocycles. The van der Waals surface area contributed by atoms with Crippen molar-refractivity contribution in [2.75, 3.05) is 13.6 Å². The van der Waals surface area contributed by atoms with Crippen LogP contribution in [0.15, 0.2) is 22.0 Å². The average molecular weight is 358 g/mol. The molecule has 0 aromatic carbocycles. The van der Waals surface area contributed by atoms with Crippen LogP contribution < -0.4 is 0 Å². The van der Waals surface area contributed by atoms with Gasteiger partial charge < -0.3 is 0 Å². The zero-order valence-corrected chi connectivity index (χ0v) is 14.4. The molecule has 19 heavy (non-hydrogen) atoms. The van der Waals surface area contributed by atoms with Crippen molar-refractivity contribution in [3.05, 3.63) is 42.2 Å². The van der Waals surface area contributed by atoms with Crippen LogP contribution in [0, 0.1) is 13.8 Å². The number of hydrogen-bond donors (Lipinski definition) is 0. The van der Waals surface area contributed by atoms with Crippen LogP contribution in [0.25, 0.3) is 0 Å². The van der Waals surface area contributed by atoms with Gasteiger partial charge in [0.2, 0.25) is 0 Å². The van der Waals surface area contributed by atoms with E-state index in [1.54, 1.807) is 22.7 Å². The molecule has 0 fully saturated rings. The van der Waals surface area contributed by atoms with E-state index >= 15 is 0 Å². The van der Waals surface area contributed by atoms with E-state index in [4.69, 9.17) is 0 Å². The third-order valence-electron chi connectivity index (χ3n) is 2.80. The van der Waals surface area contributed by atoms with Crippen LogP contribution in [0.2, 0.25) is 0 Å². The van der Waals surface area contributed by atoms with Gasteiger partial charge in [0, 0.05) is 36.6 Å². The molecule has 5 heteroatoms. The van der Waals surface area contributed by atoms with Gasteiger partial charge in [-0.1, -0.05) is 0 Å². The highest BCUT2D eigenvalue weighted by molar-refractivity contribution is 9.10. The number of carbonyl (C=O) groups is 1.